The molecule has 1 amide bonds. The molecular weight excluding hydrogens is 590 g/mol. The lowest BCUT2D eigenvalue weighted by Gasteiger charge is -2.29. The molecule has 2 N–H and O–H groups in total. The molecule has 1 aliphatic rings. The Morgan fingerprint density at radius 2 is 1.90 bits per heavy atom. The molecule has 2 aromatic heterocycles. The number of carbonyl (C=O) groups is 1. The highest BCUT2D eigenvalue weighted by atomic mass is 79.9. The Morgan fingerprint density at radius 3 is 2.60 bits per heavy atom. The van der Waals surface area contributed by atoms with Crippen molar-refractivity contribution in [3.8, 4) is 11.4 Å². The number of pyridine rings is 1. The van der Waals surface area contributed by atoms with Gasteiger partial charge in [0.2, 0.25) is 5.91 Å². The van der Waals surface area contributed by atoms with Crippen LogP contribution in [0, 0.1) is 13.8 Å². The SMILES string of the molecule is COCC(=O)Nc1cc(N2C(=S)N[C@@H](c3ccccn3)[C@H]2c2cc(C)n(-c3cccc(Br)c3)c2C)ccc1OC. The maximum absolute atomic E-state index is 12.4. The maximum Gasteiger partial charge on any atom is 0.250 e. The summed E-state index contributed by atoms with van der Waals surface area (Å²) in [6.07, 6.45) is 1.79. The van der Waals surface area contributed by atoms with Gasteiger partial charge in [0, 0.05) is 40.5 Å². The van der Waals surface area contributed by atoms with Crippen LogP contribution >= 0.6 is 28.1 Å². The molecule has 0 saturated carbocycles. The summed E-state index contributed by atoms with van der Waals surface area (Å²) < 4.78 is 13.8. The summed E-state index contributed by atoms with van der Waals surface area (Å²) in [5.74, 6) is 0.262. The molecule has 1 fully saturated rings. The van der Waals surface area contributed by atoms with Crippen LogP contribution in [-0.4, -0.2) is 41.4 Å². The molecular formula is C30H30BrN5O3S. The van der Waals surface area contributed by atoms with Crippen LogP contribution in [0.2, 0.25) is 0 Å². The topological polar surface area (TPSA) is 80.7 Å². The van der Waals surface area contributed by atoms with Crippen molar-refractivity contribution in [3.05, 3.63) is 100 Å². The molecule has 0 unspecified atom stereocenters. The van der Waals surface area contributed by atoms with Crippen molar-refractivity contribution < 1.29 is 14.3 Å². The van der Waals surface area contributed by atoms with Gasteiger partial charge in [-0.1, -0.05) is 28.1 Å². The predicted octanol–water partition coefficient (Wildman–Crippen LogP) is 6.02. The zero-order chi connectivity index (χ0) is 28.4. The highest BCUT2D eigenvalue weighted by Crippen LogP contribution is 2.45. The fourth-order valence-electron chi connectivity index (χ4n) is 5.31. The molecule has 1 aliphatic heterocycles. The van der Waals surface area contributed by atoms with E-state index in [0.29, 0.717) is 16.5 Å². The third-order valence-electron chi connectivity index (χ3n) is 6.96. The zero-order valence-corrected chi connectivity index (χ0v) is 25.0. The van der Waals surface area contributed by atoms with Gasteiger partial charge in [-0.25, -0.2) is 0 Å². The van der Waals surface area contributed by atoms with Crippen molar-refractivity contribution >= 4 is 50.5 Å². The van der Waals surface area contributed by atoms with E-state index in [1.54, 1.807) is 13.3 Å². The van der Waals surface area contributed by atoms with Crippen LogP contribution in [0.15, 0.2) is 77.4 Å². The van der Waals surface area contributed by atoms with Crippen LogP contribution in [0.1, 0.15) is 34.7 Å². The van der Waals surface area contributed by atoms with Crippen molar-refractivity contribution in [2.24, 2.45) is 0 Å². The van der Waals surface area contributed by atoms with Crippen molar-refractivity contribution in [1.82, 2.24) is 14.9 Å². The van der Waals surface area contributed by atoms with E-state index in [9.17, 15) is 4.79 Å². The van der Waals surface area contributed by atoms with Gasteiger partial charge < -0.3 is 29.6 Å². The average Bonchev–Trinajstić information content (AvgIpc) is 3.44. The lowest BCUT2D eigenvalue weighted by Crippen LogP contribution is -2.29. The minimum absolute atomic E-state index is 0.0664. The number of nitrogens with one attached hydrogen (secondary N) is 2. The summed E-state index contributed by atoms with van der Waals surface area (Å²) in [5, 5.41) is 6.97. The number of benzene rings is 2. The second kappa shape index (κ2) is 11.8. The first-order valence-corrected chi connectivity index (χ1v) is 13.9. The van der Waals surface area contributed by atoms with E-state index < -0.39 is 0 Å². The molecule has 5 rings (SSSR count). The van der Waals surface area contributed by atoms with Crippen LogP contribution < -0.4 is 20.3 Å². The maximum atomic E-state index is 12.4. The monoisotopic (exact) mass is 619 g/mol. The van der Waals surface area contributed by atoms with E-state index in [2.05, 4.69) is 73.1 Å². The molecule has 10 heteroatoms. The second-order valence-electron chi connectivity index (χ2n) is 9.50. The minimum Gasteiger partial charge on any atom is -0.495 e. The number of halogens is 1. The molecule has 1 saturated heterocycles. The molecule has 4 aromatic rings. The first-order valence-electron chi connectivity index (χ1n) is 12.7. The number of aryl methyl sites for hydroxylation is 1. The quantitative estimate of drug-likeness (QED) is 0.233. The number of amides is 1. The molecule has 0 bridgehead atoms. The smallest absolute Gasteiger partial charge is 0.250 e. The fraction of sp³-hybridized carbons (Fsp3) is 0.233. The third kappa shape index (κ3) is 5.34. The zero-order valence-electron chi connectivity index (χ0n) is 22.6. The van der Waals surface area contributed by atoms with Crippen molar-refractivity contribution in [2.75, 3.05) is 31.0 Å². The van der Waals surface area contributed by atoms with Gasteiger partial charge in [0.05, 0.1) is 30.6 Å². The van der Waals surface area contributed by atoms with Gasteiger partial charge in [0.1, 0.15) is 12.4 Å². The minimum atomic E-state index is -0.277. The number of methoxy groups -OCH3 is 2. The number of hydrogen-bond donors (Lipinski definition) is 2. The number of nitrogens with zero attached hydrogens (tertiary/aromatic N) is 3. The lowest BCUT2D eigenvalue weighted by atomic mass is 9.96. The van der Waals surface area contributed by atoms with Gasteiger partial charge in [-0.3, -0.25) is 9.78 Å². The van der Waals surface area contributed by atoms with Crippen LogP contribution in [0.4, 0.5) is 11.4 Å². The molecule has 8 nitrogen and oxygen atoms in total. The van der Waals surface area contributed by atoms with E-state index in [-0.39, 0.29) is 24.6 Å². The highest BCUT2D eigenvalue weighted by Gasteiger charge is 2.42. The Bertz CT molecular complexity index is 1560. The van der Waals surface area contributed by atoms with Gasteiger partial charge in [-0.05, 0) is 86.2 Å². The first kappa shape index (κ1) is 27.8. The van der Waals surface area contributed by atoms with Crippen molar-refractivity contribution in [2.45, 2.75) is 25.9 Å². The van der Waals surface area contributed by atoms with Crippen LogP contribution in [0.5, 0.6) is 5.75 Å². The van der Waals surface area contributed by atoms with Gasteiger partial charge in [-0.15, -0.1) is 0 Å². The van der Waals surface area contributed by atoms with Gasteiger partial charge in [0.15, 0.2) is 5.11 Å². The summed E-state index contributed by atoms with van der Waals surface area (Å²) in [7, 11) is 3.05. The molecule has 0 spiro atoms. The summed E-state index contributed by atoms with van der Waals surface area (Å²) in [4.78, 5) is 19.2. The fourth-order valence-corrected chi connectivity index (χ4v) is 6.04. The number of anilines is 2. The van der Waals surface area contributed by atoms with Gasteiger partial charge in [0.25, 0.3) is 0 Å². The number of aromatic nitrogens is 2. The van der Waals surface area contributed by atoms with E-state index in [1.165, 1.54) is 7.11 Å². The van der Waals surface area contributed by atoms with E-state index >= 15 is 0 Å². The third-order valence-corrected chi connectivity index (χ3v) is 7.77. The average molecular weight is 621 g/mol. The lowest BCUT2D eigenvalue weighted by molar-refractivity contribution is -0.119. The predicted molar refractivity (Wildman–Crippen MR) is 164 cm³/mol. The summed E-state index contributed by atoms with van der Waals surface area (Å²) in [5.41, 5.74) is 6.60. The normalized spacial score (nSPS) is 16.6. The summed E-state index contributed by atoms with van der Waals surface area (Å²) >= 11 is 9.55. The highest BCUT2D eigenvalue weighted by molar-refractivity contribution is 9.10. The molecule has 206 valence electrons. The number of carbonyl (C=O) groups excluding carboxylic acids is 1. The molecule has 0 aliphatic carbocycles. The van der Waals surface area contributed by atoms with Crippen molar-refractivity contribution in [3.63, 3.8) is 0 Å². The molecule has 3 heterocycles. The van der Waals surface area contributed by atoms with Crippen molar-refractivity contribution in [1.29, 1.82) is 0 Å². The second-order valence-corrected chi connectivity index (χ2v) is 10.8. The molecule has 40 heavy (non-hydrogen) atoms. The van der Waals surface area contributed by atoms with E-state index in [1.807, 2.05) is 48.5 Å². The Balaban J connectivity index is 1.65. The molecule has 2 atom stereocenters. The van der Waals surface area contributed by atoms with Gasteiger partial charge >= 0.3 is 0 Å². The van der Waals surface area contributed by atoms with Crippen LogP contribution in [0.3, 0.4) is 0 Å². The Morgan fingerprint density at radius 1 is 1.07 bits per heavy atom. The van der Waals surface area contributed by atoms with Crippen LogP contribution in [0.25, 0.3) is 5.69 Å². The Kier molecular flexibility index (Phi) is 8.20. The summed E-state index contributed by atoms with van der Waals surface area (Å²) in [6, 6.07) is 21.6. The number of thiocarbonyl (C=S) groups is 1. The number of rotatable bonds is 8. The molecule has 0 radical (unpaired) electrons. The number of hydrogen-bond acceptors (Lipinski definition) is 5. The van der Waals surface area contributed by atoms with Gasteiger partial charge in [-0.2, -0.15) is 0 Å². The standard InChI is InChI=1S/C30H30BrN5O3S/c1-18-14-23(19(2)35(18)21-9-7-8-20(31)15-21)29-28(24-10-5-6-13-32-24)34-30(40)36(29)22-11-12-26(39-4)25(16-22)33-27(37)17-38-3/h5-16,28-29H,17H2,1-4H3,(H,33,37)(H,34,40)/t28-,29+/m0/s1. The van der Waals surface area contributed by atoms with E-state index in [0.717, 1.165) is 38.5 Å². The Hall–Kier alpha value is -3.73. The first-order chi connectivity index (χ1) is 19.3. The molecule has 2 aromatic carbocycles. The number of ether oxygens (including phenoxy) is 2. The summed E-state index contributed by atoms with van der Waals surface area (Å²) in [6.45, 7) is 4.17. The largest absolute Gasteiger partial charge is 0.495 e. The van der Waals surface area contributed by atoms with E-state index in [4.69, 9.17) is 21.7 Å². The van der Waals surface area contributed by atoms with Crippen LogP contribution in [-0.2, 0) is 9.53 Å². The Labute approximate surface area is 247 Å².